The fraction of sp³-hybridized carbons (Fsp3) is 0.833. The van der Waals surface area contributed by atoms with Gasteiger partial charge in [0.15, 0.2) is 0 Å². The molecule has 0 aromatic carbocycles. The Kier molecular flexibility index (Phi) is 5.90. The molecule has 0 saturated heterocycles. The molecule has 0 fully saturated rings. The van der Waals surface area contributed by atoms with Gasteiger partial charge in [-0.2, -0.15) is 10.1 Å². The summed E-state index contributed by atoms with van der Waals surface area (Å²) >= 11 is 0. The van der Waals surface area contributed by atoms with Crippen LogP contribution < -0.4 is 5.48 Å². The quantitative estimate of drug-likeness (QED) is 0.252. The minimum Gasteiger partial charge on any atom is -0.463 e. The molecular weight excluding hydrogens is 213 g/mol. The summed E-state index contributed by atoms with van der Waals surface area (Å²) in [4.78, 5) is 27.3. The van der Waals surface area contributed by atoms with E-state index in [2.05, 4.69) is 4.62 Å². The van der Waals surface area contributed by atoms with Crippen LogP contribution in [0.4, 0.5) is 0 Å². The molecule has 0 spiro atoms. The zero-order valence-corrected chi connectivity index (χ0v) is 8.86. The number of phosphoric acid groups is 1. The van der Waals surface area contributed by atoms with Gasteiger partial charge in [-0.3, -0.25) is 4.79 Å². The number of carbonyl (C=O) groups excluding carboxylic acids is 1. The van der Waals surface area contributed by atoms with E-state index in [0.717, 1.165) is 0 Å². The van der Waals surface area contributed by atoms with Crippen molar-refractivity contribution in [2.75, 3.05) is 6.54 Å². The van der Waals surface area contributed by atoms with Crippen LogP contribution in [0.15, 0.2) is 0 Å². The standard InChI is InChI=1S/C6H14NO6P/c1-5(2)12-6(8)3-4-7-13-14(9,10)11/h5,7H,3-4H2,1-2H3,(H2,9,10,11). The van der Waals surface area contributed by atoms with E-state index in [9.17, 15) is 9.36 Å². The number of carbonyl (C=O) groups is 1. The molecule has 0 aliphatic carbocycles. The molecule has 0 aliphatic rings. The number of nitrogens with one attached hydrogen (secondary N) is 1. The molecule has 0 atom stereocenters. The van der Waals surface area contributed by atoms with Crippen molar-refractivity contribution in [1.29, 1.82) is 0 Å². The van der Waals surface area contributed by atoms with E-state index in [0.29, 0.717) is 0 Å². The Morgan fingerprint density at radius 3 is 2.50 bits per heavy atom. The smallest absolute Gasteiger partial charge is 0.463 e. The van der Waals surface area contributed by atoms with Gasteiger partial charge < -0.3 is 14.5 Å². The van der Waals surface area contributed by atoms with Gasteiger partial charge in [0.1, 0.15) is 0 Å². The number of ether oxygens (including phenoxy) is 1. The van der Waals surface area contributed by atoms with Crippen molar-refractivity contribution < 1.29 is 28.5 Å². The first-order valence-corrected chi connectivity index (χ1v) is 5.51. The van der Waals surface area contributed by atoms with E-state index in [-0.39, 0.29) is 19.1 Å². The molecule has 0 amide bonds. The van der Waals surface area contributed by atoms with Gasteiger partial charge in [0.2, 0.25) is 0 Å². The van der Waals surface area contributed by atoms with Gasteiger partial charge in [0.25, 0.3) is 0 Å². The van der Waals surface area contributed by atoms with Crippen LogP contribution in [0.25, 0.3) is 0 Å². The predicted octanol–water partition coefficient (Wildman–Crippen LogP) is -0.0580. The predicted molar refractivity (Wildman–Crippen MR) is 47.0 cm³/mol. The number of hydrogen-bond donors (Lipinski definition) is 3. The molecule has 3 N–H and O–H groups in total. The molecule has 84 valence electrons. The Morgan fingerprint density at radius 2 is 2.07 bits per heavy atom. The lowest BCUT2D eigenvalue weighted by molar-refractivity contribution is -0.147. The van der Waals surface area contributed by atoms with Crippen LogP contribution in [0, 0.1) is 0 Å². The maximum Gasteiger partial charge on any atom is 0.486 e. The summed E-state index contributed by atoms with van der Waals surface area (Å²) in [5, 5.41) is 0. The van der Waals surface area contributed by atoms with Crippen LogP contribution in [0.5, 0.6) is 0 Å². The first-order valence-electron chi connectivity index (χ1n) is 3.98. The lowest BCUT2D eigenvalue weighted by Crippen LogP contribution is -2.20. The van der Waals surface area contributed by atoms with E-state index in [1.807, 2.05) is 5.48 Å². The Hall–Kier alpha value is -0.460. The van der Waals surface area contributed by atoms with Crippen molar-refractivity contribution in [1.82, 2.24) is 5.48 Å². The lowest BCUT2D eigenvalue weighted by atomic mass is 10.4. The van der Waals surface area contributed by atoms with E-state index in [1.165, 1.54) is 0 Å². The van der Waals surface area contributed by atoms with Crippen LogP contribution in [-0.4, -0.2) is 28.4 Å². The van der Waals surface area contributed by atoms with Crippen molar-refractivity contribution >= 4 is 13.8 Å². The van der Waals surface area contributed by atoms with Crippen molar-refractivity contribution in [2.45, 2.75) is 26.4 Å². The summed E-state index contributed by atoms with van der Waals surface area (Å²) < 4.78 is 18.8. The summed E-state index contributed by atoms with van der Waals surface area (Å²) in [6.07, 6.45) is -0.219. The van der Waals surface area contributed by atoms with Crippen molar-refractivity contribution in [3.63, 3.8) is 0 Å². The van der Waals surface area contributed by atoms with E-state index in [1.54, 1.807) is 13.8 Å². The average Bonchev–Trinajstić information content (AvgIpc) is 1.95. The Bertz CT molecular complexity index is 224. The highest BCUT2D eigenvalue weighted by Crippen LogP contribution is 2.33. The van der Waals surface area contributed by atoms with Crippen LogP contribution in [0.2, 0.25) is 0 Å². The first kappa shape index (κ1) is 13.5. The molecule has 0 radical (unpaired) electrons. The highest BCUT2D eigenvalue weighted by atomic mass is 31.2. The summed E-state index contributed by atoms with van der Waals surface area (Å²) in [6.45, 7) is 3.39. The summed E-state index contributed by atoms with van der Waals surface area (Å²) in [6, 6.07) is 0. The van der Waals surface area contributed by atoms with E-state index >= 15 is 0 Å². The molecule has 0 aromatic heterocycles. The second-order valence-electron chi connectivity index (χ2n) is 2.76. The zero-order chi connectivity index (χ0) is 11.2. The van der Waals surface area contributed by atoms with Gasteiger partial charge in [-0.15, -0.1) is 0 Å². The summed E-state index contributed by atoms with van der Waals surface area (Å²) in [5.74, 6) is -0.457. The van der Waals surface area contributed by atoms with Gasteiger partial charge >= 0.3 is 13.8 Å². The summed E-state index contributed by atoms with van der Waals surface area (Å²) in [7, 11) is -4.52. The van der Waals surface area contributed by atoms with E-state index in [4.69, 9.17) is 14.5 Å². The third-order valence-electron chi connectivity index (χ3n) is 0.982. The highest BCUT2D eigenvalue weighted by molar-refractivity contribution is 7.46. The molecule has 0 rings (SSSR count). The molecule has 14 heavy (non-hydrogen) atoms. The number of rotatable bonds is 6. The molecule has 0 unspecified atom stereocenters. The first-order chi connectivity index (χ1) is 6.31. The largest absolute Gasteiger partial charge is 0.486 e. The number of hydroxylamine groups is 1. The van der Waals surface area contributed by atoms with Gasteiger partial charge in [-0.25, -0.2) is 4.57 Å². The zero-order valence-electron chi connectivity index (χ0n) is 7.97. The fourth-order valence-electron chi connectivity index (χ4n) is 0.605. The van der Waals surface area contributed by atoms with Crippen LogP contribution in [0.1, 0.15) is 20.3 Å². The Morgan fingerprint density at radius 1 is 1.50 bits per heavy atom. The second-order valence-corrected chi connectivity index (χ2v) is 3.93. The van der Waals surface area contributed by atoms with Crippen LogP contribution in [-0.2, 0) is 18.7 Å². The molecule has 0 heterocycles. The maximum atomic E-state index is 10.9. The second kappa shape index (κ2) is 6.10. The van der Waals surface area contributed by atoms with E-state index < -0.39 is 13.8 Å². The third kappa shape index (κ3) is 9.63. The average molecular weight is 227 g/mol. The molecule has 0 saturated carbocycles. The highest BCUT2D eigenvalue weighted by Gasteiger charge is 2.14. The maximum absolute atomic E-state index is 10.9. The summed E-state index contributed by atoms with van der Waals surface area (Å²) in [5.41, 5.74) is 1.97. The minimum absolute atomic E-state index is 0.0157. The molecule has 0 bridgehead atoms. The van der Waals surface area contributed by atoms with Crippen molar-refractivity contribution in [2.24, 2.45) is 0 Å². The minimum atomic E-state index is -4.52. The van der Waals surface area contributed by atoms with Gasteiger partial charge in [0, 0.05) is 6.54 Å². The lowest BCUT2D eigenvalue weighted by Gasteiger charge is -2.08. The third-order valence-corrected chi connectivity index (χ3v) is 1.35. The molecule has 8 heteroatoms. The number of hydrogen-bond acceptors (Lipinski definition) is 5. The van der Waals surface area contributed by atoms with Crippen LogP contribution in [0.3, 0.4) is 0 Å². The molecular formula is C6H14NO6P. The Labute approximate surface area is 81.6 Å². The van der Waals surface area contributed by atoms with Gasteiger partial charge in [0.05, 0.1) is 12.5 Å². The Balaban J connectivity index is 3.46. The van der Waals surface area contributed by atoms with Gasteiger partial charge in [-0.1, -0.05) is 0 Å². The monoisotopic (exact) mass is 227 g/mol. The van der Waals surface area contributed by atoms with Crippen molar-refractivity contribution in [3.8, 4) is 0 Å². The van der Waals surface area contributed by atoms with Gasteiger partial charge in [-0.05, 0) is 13.8 Å². The molecule has 0 aliphatic heterocycles. The number of esters is 1. The topological polar surface area (TPSA) is 105 Å². The molecule has 7 nitrogen and oxygen atoms in total. The SMILES string of the molecule is CC(C)OC(=O)CCNOP(=O)(O)O. The van der Waals surface area contributed by atoms with Crippen molar-refractivity contribution in [3.05, 3.63) is 0 Å². The fourth-order valence-corrected chi connectivity index (χ4v) is 0.864. The van der Waals surface area contributed by atoms with Crippen LogP contribution >= 0.6 is 7.82 Å². The molecule has 0 aromatic rings. The normalized spacial score (nSPS) is 11.8.